The maximum absolute atomic E-state index is 13.7. The number of allylic oxidation sites excluding steroid dienone is 2. The minimum atomic E-state index is -1.59. The van der Waals surface area contributed by atoms with Crippen LogP contribution in [0.15, 0.2) is 23.0 Å². The van der Waals surface area contributed by atoms with E-state index in [1.165, 1.54) is 6.92 Å². The summed E-state index contributed by atoms with van der Waals surface area (Å²) in [7, 11) is 0. The van der Waals surface area contributed by atoms with Gasteiger partial charge in [0.15, 0.2) is 11.5 Å². The van der Waals surface area contributed by atoms with E-state index in [4.69, 9.17) is 4.74 Å². The SMILES string of the molecule is C/C=C(/C)C(=O)O[C@]12C(=O)[C@@]3(C(=O)C(O)=C1C)[C@H](C)CC[C@H]3C2(C)C. The fraction of sp³-hybridized carbons (Fsp3) is 0.650. The van der Waals surface area contributed by atoms with E-state index in [9.17, 15) is 19.5 Å². The normalized spacial score (nSPS) is 39.7. The van der Waals surface area contributed by atoms with E-state index in [1.54, 1.807) is 19.9 Å². The highest BCUT2D eigenvalue weighted by atomic mass is 16.6. The average Bonchev–Trinajstić information content (AvgIpc) is 2.97. The quantitative estimate of drug-likeness (QED) is 0.471. The summed E-state index contributed by atoms with van der Waals surface area (Å²) in [6.45, 7) is 10.5. The van der Waals surface area contributed by atoms with Crippen LogP contribution in [0.2, 0.25) is 0 Å². The van der Waals surface area contributed by atoms with Crippen molar-refractivity contribution in [1.82, 2.24) is 0 Å². The number of ketones is 2. The molecule has 2 fully saturated rings. The maximum atomic E-state index is 13.7. The molecule has 3 rings (SSSR count). The smallest absolute Gasteiger partial charge is 0.334 e. The molecule has 4 atom stereocenters. The molecular weight excluding hydrogens is 320 g/mol. The zero-order chi connectivity index (χ0) is 18.9. The van der Waals surface area contributed by atoms with Crippen LogP contribution in [0.4, 0.5) is 0 Å². The van der Waals surface area contributed by atoms with Gasteiger partial charge in [0.05, 0.1) is 0 Å². The third-order valence-electron chi connectivity index (χ3n) is 7.16. The standard InChI is InChI=1S/C20H26O5/c1-7-10(2)16(23)25-20-12(4)14(21)15(22)19(17(20)24)11(3)8-9-13(19)18(20,5)6/h7,11,13,21H,8-9H2,1-6H3/b10-7-/t11-,13+,19+,20+/m1/s1. The monoisotopic (exact) mass is 346 g/mol. The highest BCUT2D eigenvalue weighted by molar-refractivity contribution is 6.23. The summed E-state index contributed by atoms with van der Waals surface area (Å²) in [5.74, 6) is -2.28. The van der Waals surface area contributed by atoms with Crippen molar-refractivity contribution in [3.63, 3.8) is 0 Å². The van der Waals surface area contributed by atoms with Gasteiger partial charge in [-0.25, -0.2) is 4.79 Å². The summed E-state index contributed by atoms with van der Waals surface area (Å²) in [4.78, 5) is 39.3. The minimum absolute atomic E-state index is 0.164. The molecule has 3 aliphatic rings. The van der Waals surface area contributed by atoms with E-state index in [0.29, 0.717) is 12.0 Å². The molecule has 1 spiro atoms. The molecule has 0 radical (unpaired) electrons. The van der Waals surface area contributed by atoms with Gasteiger partial charge in [-0.2, -0.15) is 0 Å². The van der Waals surface area contributed by atoms with Crippen molar-refractivity contribution in [1.29, 1.82) is 0 Å². The Morgan fingerprint density at radius 2 is 1.88 bits per heavy atom. The van der Waals surface area contributed by atoms with Gasteiger partial charge in [0.2, 0.25) is 11.4 Å². The van der Waals surface area contributed by atoms with Crippen LogP contribution >= 0.6 is 0 Å². The fourth-order valence-corrected chi connectivity index (χ4v) is 5.62. The van der Waals surface area contributed by atoms with Gasteiger partial charge >= 0.3 is 5.97 Å². The zero-order valence-corrected chi connectivity index (χ0v) is 15.7. The molecule has 136 valence electrons. The summed E-state index contributed by atoms with van der Waals surface area (Å²) in [5.41, 5.74) is -3.09. The number of ether oxygens (including phenoxy) is 1. The average molecular weight is 346 g/mol. The van der Waals surface area contributed by atoms with Crippen molar-refractivity contribution >= 4 is 17.5 Å². The number of aliphatic hydroxyl groups excluding tert-OH is 1. The first-order valence-electron chi connectivity index (χ1n) is 8.87. The zero-order valence-electron chi connectivity index (χ0n) is 15.7. The predicted molar refractivity (Wildman–Crippen MR) is 91.7 cm³/mol. The topological polar surface area (TPSA) is 80.7 Å². The number of carbonyl (C=O) groups is 3. The van der Waals surface area contributed by atoms with Gasteiger partial charge in [0.1, 0.15) is 5.41 Å². The molecule has 0 aromatic rings. The van der Waals surface area contributed by atoms with Crippen LogP contribution in [0, 0.1) is 22.7 Å². The Hall–Kier alpha value is -1.91. The van der Waals surface area contributed by atoms with Crippen LogP contribution in [0.5, 0.6) is 0 Å². The molecule has 0 saturated heterocycles. The Labute approximate surface area is 148 Å². The Morgan fingerprint density at radius 1 is 1.28 bits per heavy atom. The molecule has 0 aromatic heterocycles. The maximum Gasteiger partial charge on any atom is 0.334 e. The van der Waals surface area contributed by atoms with E-state index in [2.05, 4.69) is 0 Å². The molecule has 5 heteroatoms. The van der Waals surface area contributed by atoms with Crippen LogP contribution in [-0.2, 0) is 19.1 Å². The molecule has 2 bridgehead atoms. The second-order valence-corrected chi connectivity index (χ2v) is 8.30. The van der Waals surface area contributed by atoms with Gasteiger partial charge in [0, 0.05) is 16.6 Å². The number of carbonyl (C=O) groups excluding carboxylic acids is 3. The number of rotatable bonds is 2. The molecule has 3 aliphatic carbocycles. The molecule has 2 saturated carbocycles. The van der Waals surface area contributed by atoms with E-state index in [0.717, 1.165) is 6.42 Å². The van der Waals surface area contributed by atoms with Gasteiger partial charge in [-0.1, -0.05) is 26.8 Å². The van der Waals surface area contributed by atoms with Crippen LogP contribution in [0.25, 0.3) is 0 Å². The molecule has 5 nitrogen and oxygen atoms in total. The molecule has 0 unspecified atom stereocenters. The van der Waals surface area contributed by atoms with Crippen molar-refractivity contribution in [2.45, 2.75) is 60.0 Å². The molecule has 1 N–H and O–H groups in total. The second kappa shape index (κ2) is 5.05. The lowest BCUT2D eigenvalue weighted by Crippen LogP contribution is -2.58. The lowest BCUT2D eigenvalue weighted by atomic mass is 9.65. The molecule has 0 amide bonds. The summed E-state index contributed by atoms with van der Waals surface area (Å²) >= 11 is 0. The number of Topliss-reactive ketones (excluding diaryl/α,β-unsaturated/α-hetero) is 2. The Balaban J connectivity index is 2.31. The van der Waals surface area contributed by atoms with Gasteiger partial charge < -0.3 is 9.84 Å². The first-order valence-corrected chi connectivity index (χ1v) is 8.87. The van der Waals surface area contributed by atoms with Gasteiger partial charge in [-0.3, -0.25) is 9.59 Å². The fourth-order valence-electron chi connectivity index (χ4n) is 5.62. The summed E-state index contributed by atoms with van der Waals surface area (Å²) in [5, 5.41) is 10.6. The molecule has 0 aliphatic heterocycles. The minimum Gasteiger partial charge on any atom is -0.504 e. The Kier molecular flexibility index (Phi) is 3.62. The van der Waals surface area contributed by atoms with E-state index in [-0.39, 0.29) is 23.2 Å². The van der Waals surface area contributed by atoms with Crippen molar-refractivity contribution in [2.75, 3.05) is 0 Å². The molecular formula is C20H26O5. The van der Waals surface area contributed by atoms with Crippen LogP contribution in [-0.4, -0.2) is 28.2 Å². The predicted octanol–water partition coefficient (Wildman–Crippen LogP) is 3.29. The van der Waals surface area contributed by atoms with Crippen molar-refractivity contribution in [3.8, 4) is 0 Å². The number of aliphatic hydroxyl groups is 1. The van der Waals surface area contributed by atoms with Gasteiger partial charge in [-0.15, -0.1) is 0 Å². The number of esters is 1. The third kappa shape index (κ3) is 1.67. The Morgan fingerprint density at radius 3 is 2.44 bits per heavy atom. The number of fused-ring (bicyclic) bond motifs is 1. The van der Waals surface area contributed by atoms with Crippen LogP contribution in [0.1, 0.15) is 54.4 Å². The second-order valence-electron chi connectivity index (χ2n) is 8.30. The van der Waals surface area contributed by atoms with Crippen LogP contribution in [0.3, 0.4) is 0 Å². The molecule has 0 heterocycles. The van der Waals surface area contributed by atoms with Crippen LogP contribution < -0.4 is 0 Å². The van der Waals surface area contributed by atoms with E-state index >= 15 is 0 Å². The first-order chi connectivity index (χ1) is 11.5. The number of hydrogen-bond acceptors (Lipinski definition) is 5. The summed E-state index contributed by atoms with van der Waals surface area (Å²) < 4.78 is 5.83. The lowest BCUT2D eigenvalue weighted by molar-refractivity contribution is -0.171. The van der Waals surface area contributed by atoms with Gasteiger partial charge in [-0.05, 0) is 45.4 Å². The molecule has 25 heavy (non-hydrogen) atoms. The number of hydrogen-bond donors (Lipinski definition) is 1. The Bertz CT molecular complexity index is 756. The van der Waals surface area contributed by atoms with Crippen molar-refractivity contribution in [2.24, 2.45) is 22.7 Å². The highest BCUT2D eigenvalue weighted by Gasteiger charge is 2.82. The summed E-state index contributed by atoms with van der Waals surface area (Å²) in [6, 6.07) is 0. The van der Waals surface area contributed by atoms with Crippen molar-refractivity contribution in [3.05, 3.63) is 23.0 Å². The molecule has 0 aromatic carbocycles. The van der Waals surface area contributed by atoms with E-state index in [1.807, 2.05) is 20.8 Å². The highest BCUT2D eigenvalue weighted by Crippen LogP contribution is 2.71. The first kappa shape index (κ1) is 17.9. The van der Waals surface area contributed by atoms with Gasteiger partial charge in [0.25, 0.3) is 0 Å². The summed E-state index contributed by atoms with van der Waals surface area (Å²) in [6.07, 6.45) is 3.07. The third-order valence-corrected chi connectivity index (χ3v) is 7.16. The van der Waals surface area contributed by atoms with E-state index < -0.39 is 33.9 Å². The lowest BCUT2D eigenvalue weighted by Gasteiger charge is -2.43. The largest absolute Gasteiger partial charge is 0.504 e. The van der Waals surface area contributed by atoms with Crippen molar-refractivity contribution < 1.29 is 24.2 Å².